The first-order chi connectivity index (χ1) is 10.1. The quantitative estimate of drug-likeness (QED) is 0.700. The average Bonchev–Trinajstić information content (AvgIpc) is 3.07. The van der Waals surface area contributed by atoms with Crippen molar-refractivity contribution in [2.75, 3.05) is 37.5 Å². The Morgan fingerprint density at radius 1 is 1.57 bits per heavy atom. The predicted octanol–water partition coefficient (Wildman–Crippen LogP) is 2.64. The number of carbonyl (C=O) groups excluding carboxylic acids is 1. The normalized spacial score (nSPS) is 21.5. The van der Waals surface area contributed by atoms with Gasteiger partial charge in [-0.25, -0.2) is 0 Å². The zero-order valence-electron chi connectivity index (χ0n) is 12.7. The highest BCUT2D eigenvalue weighted by Gasteiger charge is 2.27. The molecule has 0 radical (unpaired) electrons. The second kappa shape index (κ2) is 7.38. The number of nitrogens with one attached hydrogen (secondary N) is 2. The van der Waals surface area contributed by atoms with E-state index in [4.69, 9.17) is 10.5 Å². The minimum atomic E-state index is -0.128. The lowest BCUT2D eigenvalue weighted by Crippen LogP contribution is -2.22. The highest BCUT2D eigenvalue weighted by atomic mass is 32.2. The van der Waals surface area contributed by atoms with Crippen LogP contribution in [-0.4, -0.2) is 38.5 Å². The smallest absolute Gasteiger partial charge is 0.263 e. The number of amides is 1. The fraction of sp³-hybridized carbons (Fsp3) is 0.643. The molecule has 2 rings (SSSR count). The Morgan fingerprint density at radius 3 is 2.95 bits per heavy atom. The van der Waals surface area contributed by atoms with E-state index in [2.05, 4.69) is 17.6 Å². The predicted molar refractivity (Wildman–Crippen MR) is 90.5 cm³/mol. The maximum atomic E-state index is 11.8. The molecular weight excluding hydrogens is 306 g/mol. The molecule has 118 valence electrons. The number of nitrogen functional groups attached to an aromatic ring is 1. The zero-order chi connectivity index (χ0) is 15.4. The Hall–Kier alpha value is -0.920. The average molecular weight is 329 g/mol. The number of ether oxygens (including phenoxy) is 1. The molecule has 0 aliphatic carbocycles. The van der Waals surface area contributed by atoms with Crippen molar-refractivity contribution in [3.8, 4) is 0 Å². The van der Waals surface area contributed by atoms with Gasteiger partial charge in [0.2, 0.25) is 0 Å². The lowest BCUT2D eigenvalue weighted by atomic mass is 10.00. The molecule has 7 heteroatoms. The Kier molecular flexibility index (Phi) is 5.78. The number of thiophene rings is 1. The van der Waals surface area contributed by atoms with E-state index in [1.54, 1.807) is 18.8 Å². The van der Waals surface area contributed by atoms with Crippen molar-refractivity contribution < 1.29 is 9.53 Å². The van der Waals surface area contributed by atoms with Crippen LogP contribution in [0.1, 0.15) is 29.4 Å². The minimum Gasteiger partial charge on any atom is -0.396 e. The summed E-state index contributed by atoms with van der Waals surface area (Å²) in [4.78, 5) is 13.4. The summed E-state index contributed by atoms with van der Waals surface area (Å²) in [6.45, 7) is 3.86. The monoisotopic (exact) mass is 329 g/mol. The molecular formula is C14H23N3O2S2. The van der Waals surface area contributed by atoms with Crippen LogP contribution in [0.5, 0.6) is 0 Å². The van der Waals surface area contributed by atoms with Gasteiger partial charge in [0, 0.05) is 26.1 Å². The van der Waals surface area contributed by atoms with Crippen LogP contribution >= 0.6 is 23.1 Å². The van der Waals surface area contributed by atoms with Crippen LogP contribution < -0.4 is 16.4 Å². The SMILES string of the molecule is CCC1OCCC1CNc1sc(C(=O)NC)c(N)c1SC. The van der Waals surface area contributed by atoms with Gasteiger partial charge in [0.1, 0.15) is 9.88 Å². The molecule has 5 nitrogen and oxygen atoms in total. The van der Waals surface area contributed by atoms with Crippen molar-refractivity contribution in [1.82, 2.24) is 5.32 Å². The first-order valence-corrected chi connectivity index (χ1v) is 9.20. The lowest BCUT2D eigenvalue weighted by molar-refractivity contribution is 0.0900. The van der Waals surface area contributed by atoms with Crippen molar-refractivity contribution in [1.29, 1.82) is 0 Å². The second-order valence-electron chi connectivity index (χ2n) is 5.03. The second-order valence-corrected chi connectivity index (χ2v) is 6.87. The van der Waals surface area contributed by atoms with E-state index in [1.165, 1.54) is 11.3 Å². The molecule has 4 N–H and O–H groups in total. The van der Waals surface area contributed by atoms with Crippen LogP contribution in [-0.2, 0) is 4.74 Å². The largest absolute Gasteiger partial charge is 0.396 e. The maximum Gasteiger partial charge on any atom is 0.263 e. The van der Waals surface area contributed by atoms with Crippen LogP contribution in [0.25, 0.3) is 0 Å². The highest BCUT2D eigenvalue weighted by Crippen LogP contribution is 2.42. The Labute approximate surface area is 134 Å². The van der Waals surface area contributed by atoms with Gasteiger partial charge in [-0.15, -0.1) is 23.1 Å². The number of thioether (sulfide) groups is 1. The van der Waals surface area contributed by atoms with Crippen molar-refractivity contribution in [3.63, 3.8) is 0 Å². The molecule has 0 saturated carbocycles. The van der Waals surface area contributed by atoms with Crippen molar-refractivity contribution in [2.45, 2.75) is 30.8 Å². The molecule has 1 fully saturated rings. The highest BCUT2D eigenvalue weighted by molar-refractivity contribution is 7.99. The third-order valence-electron chi connectivity index (χ3n) is 3.81. The van der Waals surface area contributed by atoms with Crippen molar-refractivity contribution >= 4 is 39.7 Å². The number of rotatable bonds is 6. The minimum absolute atomic E-state index is 0.128. The zero-order valence-corrected chi connectivity index (χ0v) is 14.3. The topological polar surface area (TPSA) is 76.4 Å². The van der Waals surface area contributed by atoms with Gasteiger partial charge in [0.05, 0.1) is 16.7 Å². The number of hydrogen-bond acceptors (Lipinski definition) is 6. The van der Waals surface area contributed by atoms with Crippen LogP contribution in [0.15, 0.2) is 4.90 Å². The van der Waals surface area contributed by atoms with Gasteiger partial charge in [-0.3, -0.25) is 4.79 Å². The van der Waals surface area contributed by atoms with E-state index >= 15 is 0 Å². The fourth-order valence-corrected chi connectivity index (χ4v) is 4.62. The van der Waals surface area contributed by atoms with Crippen LogP contribution in [0.4, 0.5) is 10.7 Å². The molecule has 2 heterocycles. The molecule has 21 heavy (non-hydrogen) atoms. The summed E-state index contributed by atoms with van der Waals surface area (Å²) in [7, 11) is 1.62. The van der Waals surface area contributed by atoms with E-state index in [-0.39, 0.29) is 5.91 Å². The van der Waals surface area contributed by atoms with E-state index in [0.717, 1.165) is 35.9 Å². The Balaban J connectivity index is 2.10. The summed E-state index contributed by atoms with van der Waals surface area (Å²) < 4.78 is 5.71. The van der Waals surface area contributed by atoms with Crippen LogP contribution in [0.2, 0.25) is 0 Å². The molecule has 1 aliphatic rings. The van der Waals surface area contributed by atoms with Gasteiger partial charge in [0.25, 0.3) is 5.91 Å². The molecule has 2 atom stereocenters. The van der Waals surface area contributed by atoms with E-state index in [9.17, 15) is 4.79 Å². The standard InChI is InChI=1S/C14H23N3O2S2/c1-4-9-8(5-6-19-9)7-17-14-12(20-3)10(15)11(21-14)13(18)16-2/h8-9,17H,4-7,15H2,1-3H3,(H,16,18). The number of anilines is 2. The van der Waals surface area contributed by atoms with Gasteiger partial charge in [0.15, 0.2) is 0 Å². The van der Waals surface area contributed by atoms with Gasteiger partial charge in [-0.05, 0) is 19.1 Å². The van der Waals surface area contributed by atoms with Crippen molar-refractivity contribution in [3.05, 3.63) is 4.88 Å². The van der Waals surface area contributed by atoms with E-state index in [1.807, 2.05) is 6.26 Å². The Morgan fingerprint density at radius 2 is 2.33 bits per heavy atom. The first kappa shape index (κ1) is 16.5. The molecule has 0 aromatic carbocycles. The van der Waals surface area contributed by atoms with Gasteiger partial charge in [-0.1, -0.05) is 6.92 Å². The molecule has 1 saturated heterocycles. The van der Waals surface area contributed by atoms with Crippen molar-refractivity contribution in [2.24, 2.45) is 5.92 Å². The molecule has 0 bridgehead atoms. The summed E-state index contributed by atoms with van der Waals surface area (Å²) in [5, 5.41) is 7.09. The third-order valence-corrected chi connectivity index (χ3v) is 5.93. The number of hydrogen-bond donors (Lipinski definition) is 3. The molecule has 1 aromatic rings. The van der Waals surface area contributed by atoms with E-state index in [0.29, 0.717) is 22.6 Å². The summed E-state index contributed by atoms with van der Waals surface area (Å²) in [5.41, 5.74) is 6.67. The summed E-state index contributed by atoms with van der Waals surface area (Å²) in [5.74, 6) is 0.396. The third kappa shape index (κ3) is 3.46. The van der Waals surface area contributed by atoms with Gasteiger partial charge in [-0.2, -0.15) is 0 Å². The Bertz CT molecular complexity index is 505. The van der Waals surface area contributed by atoms with Gasteiger partial charge < -0.3 is 21.1 Å². The van der Waals surface area contributed by atoms with Gasteiger partial charge >= 0.3 is 0 Å². The molecule has 0 spiro atoms. The summed E-state index contributed by atoms with van der Waals surface area (Å²) >= 11 is 3.00. The lowest BCUT2D eigenvalue weighted by Gasteiger charge is -2.17. The molecule has 1 aliphatic heterocycles. The van der Waals surface area contributed by atoms with E-state index < -0.39 is 0 Å². The molecule has 1 amide bonds. The summed E-state index contributed by atoms with van der Waals surface area (Å²) in [6.07, 6.45) is 4.44. The maximum absolute atomic E-state index is 11.8. The number of nitrogens with two attached hydrogens (primary N) is 1. The van der Waals surface area contributed by atoms with Crippen LogP contribution in [0, 0.1) is 5.92 Å². The van der Waals surface area contributed by atoms with Crippen LogP contribution in [0.3, 0.4) is 0 Å². The molecule has 2 unspecified atom stereocenters. The molecule has 1 aromatic heterocycles. The summed E-state index contributed by atoms with van der Waals surface area (Å²) in [6, 6.07) is 0. The fourth-order valence-electron chi connectivity index (χ4n) is 2.63. The first-order valence-electron chi connectivity index (χ1n) is 7.16. The number of carbonyl (C=O) groups is 1.